The molecule has 0 radical (unpaired) electrons. The smallest absolute Gasteiger partial charge is 0.278 e. The van der Waals surface area contributed by atoms with E-state index in [1.807, 2.05) is 6.92 Å². The molecule has 0 saturated heterocycles. The van der Waals surface area contributed by atoms with Crippen molar-refractivity contribution in [1.29, 1.82) is 0 Å². The Morgan fingerprint density at radius 2 is 2.00 bits per heavy atom. The normalized spacial score (nSPS) is 12.3. The van der Waals surface area contributed by atoms with Crippen molar-refractivity contribution >= 4 is 10.2 Å². The Morgan fingerprint density at radius 3 is 2.46 bits per heavy atom. The Bertz CT molecular complexity index is 214. The van der Waals surface area contributed by atoms with E-state index >= 15 is 0 Å². The highest BCUT2D eigenvalue weighted by Gasteiger charge is 2.10. The van der Waals surface area contributed by atoms with Crippen LogP contribution in [0, 0.1) is 0 Å². The second-order valence-electron chi connectivity index (χ2n) is 2.73. The highest BCUT2D eigenvalue weighted by atomic mass is 32.2. The van der Waals surface area contributed by atoms with E-state index in [9.17, 15) is 8.42 Å². The molecule has 13 heavy (non-hydrogen) atoms. The van der Waals surface area contributed by atoms with Crippen LogP contribution in [0.15, 0.2) is 0 Å². The van der Waals surface area contributed by atoms with Crippen LogP contribution in [-0.2, 0) is 14.9 Å². The van der Waals surface area contributed by atoms with Gasteiger partial charge in [0, 0.05) is 33.9 Å². The summed E-state index contributed by atoms with van der Waals surface area (Å²) in [6, 6.07) is 0. The molecule has 0 aromatic heterocycles. The summed E-state index contributed by atoms with van der Waals surface area (Å²) in [6.45, 7) is 3.58. The number of nitrogens with one attached hydrogen (secondary N) is 1. The van der Waals surface area contributed by atoms with Crippen molar-refractivity contribution in [2.75, 3.05) is 33.9 Å². The monoisotopic (exact) mass is 210 g/mol. The fraction of sp³-hybridized carbons (Fsp3) is 1.00. The van der Waals surface area contributed by atoms with Crippen LogP contribution in [0.25, 0.3) is 0 Å². The number of hydrogen-bond donors (Lipinski definition) is 1. The molecule has 80 valence electrons. The summed E-state index contributed by atoms with van der Waals surface area (Å²) in [5.41, 5.74) is 0. The molecule has 0 atom stereocenters. The number of ether oxygens (including phenoxy) is 1. The predicted octanol–water partition coefficient (Wildman–Crippen LogP) is -0.191. The Balaban J connectivity index is 3.53. The average Bonchev–Trinajstić information content (AvgIpc) is 2.03. The molecule has 5 nitrogen and oxygen atoms in total. The maximum atomic E-state index is 11.1. The summed E-state index contributed by atoms with van der Waals surface area (Å²) < 4.78 is 30.9. The molecule has 1 N–H and O–H groups in total. The van der Waals surface area contributed by atoms with Crippen LogP contribution in [0.2, 0.25) is 0 Å². The molecule has 0 aromatic carbocycles. The number of rotatable bonds is 7. The molecule has 0 aliphatic rings. The summed E-state index contributed by atoms with van der Waals surface area (Å²) in [5, 5.41) is 0. The van der Waals surface area contributed by atoms with Crippen LogP contribution in [0.3, 0.4) is 0 Å². The molecule has 0 bridgehead atoms. The van der Waals surface area contributed by atoms with E-state index in [1.165, 1.54) is 14.1 Å². The average molecular weight is 210 g/mol. The van der Waals surface area contributed by atoms with Crippen molar-refractivity contribution in [1.82, 2.24) is 9.03 Å². The van der Waals surface area contributed by atoms with Crippen molar-refractivity contribution in [3.63, 3.8) is 0 Å². The first kappa shape index (κ1) is 12.8. The quantitative estimate of drug-likeness (QED) is 0.592. The molecule has 0 saturated carbocycles. The number of hydrogen-bond acceptors (Lipinski definition) is 3. The van der Waals surface area contributed by atoms with Gasteiger partial charge in [-0.1, -0.05) is 0 Å². The molecular weight excluding hydrogens is 192 g/mol. The standard InChI is InChI=1S/C7H18N2O3S/c1-4-12-7-5-6-8-13(10,11)9(2)3/h8H,4-7H2,1-3H3. The zero-order chi connectivity index (χ0) is 10.3. The summed E-state index contributed by atoms with van der Waals surface area (Å²) in [4.78, 5) is 0. The zero-order valence-electron chi connectivity index (χ0n) is 8.41. The lowest BCUT2D eigenvalue weighted by Crippen LogP contribution is -2.36. The summed E-state index contributed by atoms with van der Waals surface area (Å²) in [5.74, 6) is 0. The van der Waals surface area contributed by atoms with Gasteiger partial charge in [0.2, 0.25) is 0 Å². The minimum atomic E-state index is -3.26. The van der Waals surface area contributed by atoms with E-state index in [0.717, 1.165) is 4.31 Å². The van der Waals surface area contributed by atoms with Gasteiger partial charge in [0.05, 0.1) is 0 Å². The fourth-order valence-corrected chi connectivity index (χ4v) is 1.31. The van der Waals surface area contributed by atoms with Gasteiger partial charge in [-0.25, -0.2) is 4.72 Å². The maximum absolute atomic E-state index is 11.1. The van der Waals surface area contributed by atoms with Gasteiger partial charge < -0.3 is 4.74 Å². The molecule has 0 fully saturated rings. The Kier molecular flexibility index (Phi) is 6.23. The molecule has 0 aromatic rings. The third kappa shape index (κ3) is 5.98. The lowest BCUT2D eigenvalue weighted by molar-refractivity contribution is 0.146. The third-order valence-corrected chi connectivity index (χ3v) is 2.97. The van der Waals surface area contributed by atoms with E-state index in [1.54, 1.807) is 0 Å². The third-order valence-electron chi connectivity index (χ3n) is 1.43. The first-order valence-corrected chi connectivity index (χ1v) is 5.69. The lowest BCUT2D eigenvalue weighted by atomic mass is 10.5. The van der Waals surface area contributed by atoms with Crippen molar-refractivity contribution in [3.05, 3.63) is 0 Å². The Morgan fingerprint density at radius 1 is 1.38 bits per heavy atom. The molecule has 0 unspecified atom stereocenters. The van der Waals surface area contributed by atoms with Crippen LogP contribution in [0.5, 0.6) is 0 Å². The first-order chi connectivity index (χ1) is 6.00. The molecule has 0 spiro atoms. The second kappa shape index (κ2) is 6.31. The molecule has 0 aliphatic carbocycles. The van der Waals surface area contributed by atoms with E-state index in [2.05, 4.69) is 4.72 Å². The van der Waals surface area contributed by atoms with Crippen LogP contribution in [-0.4, -0.2) is 46.6 Å². The van der Waals surface area contributed by atoms with E-state index < -0.39 is 10.2 Å². The highest BCUT2D eigenvalue weighted by molar-refractivity contribution is 7.87. The van der Waals surface area contributed by atoms with Crippen molar-refractivity contribution in [3.8, 4) is 0 Å². The van der Waals surface area contributed by atoms with Gasteiger partial charge >= 0.3 is 0 Å². The fourth-order valence-electron chi connectivity index (χ4n) is 0.649. The van der Waals surface area contributed by atoms with Crippen LogP contribution < -0.4 is 4.72 Å². The summed E-state index contributed by atoms with van der Waals surface area (Å²) in [7, 11) is -0.276. The number of nitrogens with zero attached hydrogens (tertiary/aromatic N) is 1. The zero-order valence-corrected chi connectivity index (χ0v) is 9.23. The minimum Gasteiger partial charge on any atom is -0.382 e. The van der Waals surface area contributed by atoms with Crippen LogP contribution in [0.1, 0.15) is 13.3 Å². The van der Waals surface area contributed by atoms with Gasteiger partial charge in [0.25, 0.3) is 10.2 Å². The van der Waals surface area contributed by atoms with Gasteiger partial charge in [-0.15, -0.1) is 0 Å². The van der Waals surface area contributed by atoms with E-state index in [0.29, 0.717) is 26.2 Å². The molecule has 0 amide bonds. The molecular formula is C7H18N2O3S. The summed E-state index contributed by atoms with van der Waals surface area (Å²) in [6.07, 6.45) is 0.695. The second-order valence-corrected chi connectivity index (χ2v) is 4.70. The predicted molar refractivity (Wildman–Crippen MR) is 51.7 cm³/mol. The van der Waals surface area contributed by atoms with Crippen LogP contribution in [0.4, 0.5) is 0 Å². The van der Waals surface area contributed by atoms with Crippen molar-refractivity contribution in [2.45, 2.75) is 13.3 Å². The van der Waals surface area contributed by atoms with Crippen LogP contribution >= 0.6 is 0 Å². The lowest BCUT2D eigenvalue weighted by Gasteiger charge is -2.11. The topological polar surface area (TPSA) is 58.6 Å². The molecule has 6 heteroatoms. The minimum absolute atomic E-state index is 0.417. The SMILES string of the molecule is CCOCCCNS(=O)(=O)N(C)C. The van der Waals surface area contributed by atoms with E-state index in [4.69, 9.17) is 4.74 Å². The maximum Gasteiger partial charge on any atom is 0.278 e. The van der Waals surface area contributed by atoms with Crippen molar-refractivity contribution < 1.29 is 13.2 Å². The Labute approximate surface area is 80.2 Å². The first-order valence-electron chi connectivity index (χ1n) is 4.25. The van der Waals surface area contributed by atoms with Gasteiger partial charge in [0.1, 0.15) is 0 Å². The molecule has 0 heterocycles. The van der Waals surface area contributed by atoms with Crippen molar-refractivity contribution in [2.24, 2.45) is 0 Å². The highest BCUT2D eigenvalue weighted by Crippen LogP contribution is 1.88. The largest absolute Gasteiger partial charge is 0.382 e. The van der Waals surface area contributed by atoms with Gasteiger partial charge in [-0.2, -0.15) is 12.7 Å². The molecule has 0 rings (SSSR count). The summed E-state index contributed by atoms with van der Waals surface area (Å²) >= 11 is 0. The van der Waals surface area contributed by atoms with E-state index in [-0.39, 0.29) is 0 Å². The molecule has 0 aliphatic heterocycles. The van der Waals surface area contributed by atoms with Gasteiger partial charge in [-0.05, 0) is 13.3 Å². The van der Waals surface area contributed by atoms with Gasteiger partial charge in [0.15, 0.2) is 0 Å². The van der Waals surface area contributed by atoms with Gasteiger partial charge in [-0.3, -0.25) is 0 Å². The Hall–Kier alpha value is -0.170.